The van der Waals surface area contributed by atoms with Gasteiger partial charge >= 0.3 is 0 Å². The second-order valence-corrected chi connectivity index (χ2v) is 8.90. The molecule has 4 rings (SSSR count). The van der Waals surface area contributed by atoms with Crippen LogP contribution in [0.5, 0.6) is 0 Å². The lowest BCUT2D eigenvalue weighted by Gasteiger charge is -2.46. The van der Waals surface area contributed by atoms with Crippen molar-refractivity contribution in [2.75, 3.05) is 6.54 Å². The number of nitrogens with zero attached hydrogens (tertiary/aromatic N) is 3. The van der Waals surface area contributed by atoms with Gasteiger partial charge in [-0.25, -0.2) is 8.42 Å². The van der Waals surface area contributed by atoms with E-state index in [0.29, 0.717) is 24.3 Å². The fourth-order valence-corrected chi connectivity index (χ4v) is 5.99. The molecule has 1 saturated heterocycles. The number of aromatic amines is 1. The van der Waals surface area contributed by atoms with Gasteiger partial charge in [0.2, 0.25) is 10.0 Å². The molecule has 0 amide bonds. The smallest absolute Gasteiger partial charge is 0.243 e. The molecule has 2 bridgehead atoms. The Morgan fingerprint density at radius 1 is 1.28 bits per heavy atom. The van der Waals surface area contributed by atoms with Crippen LogP contribution < -0.4 is 0 Å². The minimum Gasteiger partial charge on any atom is -0.282 e. The maximum absolute atomic E-state index is 13.3. The molecular weight excluding hydrogens is 364 g/mol. The Labute approximate surface area is 150 Å². The third-order valence-corrected chi connectivity index (χ3v) is 7.33. The average Bonchev–Trinajstić information content (AvgIpc) is 3.03. The fraction of sp³-hybridized carbons (Fsp3) is 0.438. The Bertz CT molecular complexity index is 896. The first-order valence-corrected chi connectivity index (χ1v) is 9.93. The highest BCUT2D eigenvalue weighted by atomic mass is 35.5. The number of benzene rings is 1. The Balaban J connectivity index is 1.77. The maximum atomic E-state index is 13.3. The number of fused-ring (bicyclic) bond motifs is 4. The van der Waals surface area contributed by atoms with Gasteiger partial charge in [0.25, 0.3) is 0 Å². The molecule has 0 radical (unpaired) electrons. The van der Waals surface area contributed by atoms with E-state index in [-0.39, 0.29) is 29.4 Å². The van der Waals surface area contributed by atoms with Crippen LogP contribution in [-0.4, -0.2) is 35.5 Å². The highest BCUT2D eigenvalue weighted by molar-refractivity contribution is 7.89. The van der Waals surface area contributed by atoms with Gasteiger partial charge in [-0.2, -0.15) is 14.3 Å². The number of H-pyrrole nitrogens is 1. The Kier molecular flexibility index (Phi) is 4.13. The lowest BCUT2D eigenvalue weighted by atomic mass is 9.79. The Morgan fingerprint density at radius 3 is 2.76 bits per heavy atom. The van der Waals surface area contributed by atoms with Gasteiger partial charge < -0.3 is 0 Å². The summed E-state index contributed by atoms with van der Waals surface area (Å²) >= 11 is 5.89. The quantitative estimate of drug-likeness (QED) is 0.825. The van der Waals surface area contributed by atoms with Crippen molar-refractivity contribution in [3.63, 3.8) is 0 Å². The molecule has 3 unspecified atom stereocenters. The number of sulfonamides is 1. The maximum Gasteiger partial charge on any atom is 0.243 e. The van der Waals surface area contributed by atoms with Crippen LogP contribution >= 0.6 is 11.6 Å². The SMILES string of the molecule is O=NCC1CC2Cc3[nH]ncc3C(C1)N2S(=O)(=O)c1ccc(Cl)cc1. The summed E-state index contributed by atoms with van der Waals surface area (Å²) in [5.74, 6) is 0.0900. The van der Waals surface area contributed by atoms with Crippen LogP contribution in [0.1, 0.15) is 30.1 Å². The highest BCUT2D eigenvalue weighted by Crippen LogP contribution is 2.46. The molecule has 25 heavy (non-hydrogen) atoms. The zero-order chi connectivity index (χ0) is 17.6. The summed E-state index contributed by atoms with van der Waals surface area (Å²) in [6, 6.07) is 5.69. The van der Waals surface area contributed by atoms with Crippen molar-refractivity contribution >= 4 is 21.6 Å². The first kappa shape index (κ1) is 16.7. The van der Waals surface area contributed by atoms with E-state index in [1.807, 2.05) is 0 Å². The molecule has 3 heterocycles. The van der Waals surface area contributed by atoms with Crippen LogP contribution in [0, 0.1) is 10.8 Å². The largest absolute Gasteiger partial charge is 0.282 e. The van der Waals surface area contributed by atoms with Crippen LogP contribution in [0.4, 0.5) is 0 Å². The predicted octanol–water partition coefficient (Wildman–Crippen LogP) is 2.90. The van der Waals surface area contributed by atoms with Gasteiger partial charge in [0.1, 0.15) is 0 Å². The first-order valence-electron chi connectivity index (χ1n) is 8.11. The number of nitroso groups, excluding NO2 is 1. The summed E-state index contributed by atoms with van der Waals surface area (Å²) in [7, 11) is -3.67. The number of halogens is 1. The van der Waals surface area contributed by atoms with Gasteiger partial charge in [0.15, 0.2) is 0 Å². The van der Waals surface area contributed by atoms with Gasteiger partial charge in [0.05, 0.1) is 23.7 Å². The molecule has 9 heteroatoms. The number of aromatic nitrogens is 2. The number of hydrogen-bond acceptors (Lipinski definition) is 5. The monoisotopic (exact) mass is 380 g/mol. The highest BCUT2D eigenvalue weighted by Gasteiger charge is 2.47. The number of nitrogens with one attached hydrogen (secondary N) is 1. The van der Waals surface area contributed by atoms with Crippen molar-refractivity contribution in [1.29, 1.82) is 0 Å². The molecule has 1 aromatic heterocycles. The standard InChI is InChI=1S/C16H17ClN4O3S/c17-11-1-3-13(4-2-11)25(23,24)21-12-5-10(8-19-22)6-16(21)14-9-18-20-15(14)7-12/h1-4,9-10,12,16H,5-8H2,(H,18,20). The minimum absolute atomic E-state index is 0.0900. The van der Waals surface area contributed by atoms with E-state index in [1.54, 1.807) is 22.6 Å². The van der Waals surface area contributed by atoms with Crippen molar-refractivity contribution in [3.8, 4) is 0 Å². The fourth-order valence-electron chi connectivity index (χ4n) is 4.05. The van der Waals surface area contributed by atoms with Gasteiger partial charge in [-0.1, -0.05) is 16.8 Å². The number of piperidine rings is 1. The lowest BCUT2D eigenvalue weighted by Crippen LogP contribution is -2.51. The third-order valence-electron chi connectivity index (χ3n) is 5.10. The summed E-state index contributed by atoms with van der Waals surface area (Å²) in [6.07, 6.45) is 3.44. The normalized spacial score (nSPS) is 26.2. The van der Waals surface area contributed by atoms with Crippen molar-refractivity contribution in [2.24, 2.45) is 11.1 Å². The van der Waals surface area contributed by atoms with Crippen molar-refractivity contribution in [1.82, 2.24) is 14.5 Å². The zero-order valence-electron chi connectivity index (χ0n) is 13.3. The molecule has 2 aliphatic rings. The summed E-state index contributed by atoms with van der Waals surface area (Å²) in [5.41, 5.74) is 1.87. The molecular formula is C16H17ClN4O3S. The molecule has 7 nitrogen and oxygen atoms in total. The molecule has 1 fully saturated rings. The summed E-state index contributed by atoms with van der Waals surface area (Å²) in [4.78, 5) is 10.9. The van der Waals surface area contributed by atoms with E-state index in [2.05, 4.69) is 15.4 Å². The summed E-state index contributed by atoms with van der Waals surface area (Å²) in [5, 5.41) is 10.6. The van der Waals surface area contributed by atoms with Gasteiger partial charge in [-0.05, 0) is 43.0 Å². The topological polar surface area (TPSA) is 95.5 Å². The van der Waals surface area contributed by atoms with E-state index in [1.165, 1.54) is 12.1 Å². The van der Waals surface area contributed by atoms with Crippen LogP contribution in [0.2, 0.25) is 5.02 Å². The Hall–Kier alpha value is -1.77. The van der Waals surface area contributed by atoms with E-state index in [0.717, 1.165) is 11.3 Å². The molecule has 3 atom stereocenters. The third kappa shape index (κ3) is 2.78. The molecule has 0 aliphatic carbocycles. The number of rotatable bonds is 4. The van der Waals surface area contributed by atoms with Crippen molar-refractivity contribution in [3.05, 3.63) is 51.6 Å². The average molecular weight is 381 g/mol. The predicted molar refractivity (Wildman–Crippen MR) is 92.7 cm³/mol. The van der Waals surface area contributed by atoms with E-state index < -0.39 is 10.0 Å². The molecule has 0 spiro atoms. The van der Waals surface area contributed by atoms with Gasteiger partial charge in [-0.15, -0.1) is 0 Å². The number of hydrogen-bond donors (Lipinski definition) is 1. The van der Waals surface area contributed by atoms with E-state index in [9.17, 15) is 13.3 Å². The van der Waals surface area contributed by atoms with Crippen LogP contribution in [0.15, 0.2) is 40.5 Å². The summed E-state index contributed by atoms with van der Waals surface area (Å²) in [6.45, 7) is 0.217. The van der Waals surface area contributed by atoms with Gasteiger partial charge in [0, 0.05) is 28.7 Å². The van der Waals surface area contributed by atoms with E-state index >= 15 is 0 Å². The van der Waals surface area contributed by atoms with E-state index in [4.69, 9.17) is 11.6 Å². The van der Waals surface area contributed by atoms with Crippen molar-refractivity contribution in [2.45, 2.75) is 36.2 Å². The zero-order valence-corrected chi connectivity index (χ0v) is 14.9. The molecule has 1 aromatic carbocycles. The second-order valence-electron chi connectivity index (χ2n) is 6.62. The Morgan fingerprint density at radius 2 is 2.04 bits per heavy atom. The first-order chi connectivity index (χ1) is 12.0. The van der Waals surface area contributed by atoms with Crippen LogP contribution in [-0.2, 0) is 16.4 Å². The molecule has 2 aromatic rings. The lowest BCUT2D eigenvalue weighted by molar-refractivity contribution is 0.121. The van der Waals surface area contributed by atoms with Crippen LogP contribution in [0.3, 0.4) is 0 Å². The van der Waals surface area contributed by atoms with Crippen molar-refractivity contribution < 1.29 is 8.42 Å². The molecule has 0 saturated carbocycles. The molecule has 1 N–H and O–H groups in total. The van der Waals surface area contributed by atoms with Crippen LogP contribution in [0.25, 0.3) is 0 Å². The van der Waals surface area contributed by atoms with Gasteiger partial charge in [-0.3, -0.25) is 5.10 Å². The second kappa shape index (κ2) is 6.19. The molecule has 132 valence electrons. The minimum atomic E-state index is -3.67. The molecule has 2 aliphatic heterocycles. The summed E-state index contributed by atoms with van der Waals surface area (Å²) < 4.78 is 28.1.